The Morgan fingerprint density at radius 1 is 1.35 bits per heavy atom. The number of halogens is 1. The Morgan fingerprint density at radius 2 is 2.15 bits per heavy atom. The van der Waals surface area contributed by atoms with Gasteiger partial charge in [0, 0.05) is 29.0 Å². The van der Waals surface area contributed by atoms with E-state index in [-0.39, 0.29) is 0 Å². The Labute approximate surface area is 123 Å². The molecular weight excluding hydrogens is 272 g/mol. The highest BCUT2D eigenvalue weighted by molar-refractivity contribution is 6.29. The monoisotopic (exact) mass is 288 g/mol. The summed E-state index contributed by atoms with van der Waals surface area (Å²) in [6.07, 6.45) is 13.2. The molecule has 104 valence electrons. The maximum Gasteiger partial charge on any atom is 0.144 e. The summed E-state index contributed by atoms with van der Waals surface area (Å²) >= 11 is 5.74. The molecule has 2 heterocycles. The lowest BCUT2D eigenvalue weighted by molar-refractivity contribution is 0.859. The molecule has 1 aromatic rings. The Balaban J connectivity index is 1.92. The molecule has 0 bridgehead atoms. The molecule has 2 rings (SSSR count). The van der Waals surface area contributed by atoms with Crippen LogP contribution in [0.1, 0.15) is 18.1 Å². The minimum absolute atomic E-state index is 0.572. The lowest BCUT2D eigenvalue weighted by Crippen LogP contribution is -2.11. The first-order chi connectivity index (χ1) is 9.66. The number of hydrogen-bond donors (Lipinski definition) is 3. The normalized spacial score (nSPS) is 15.9. The van der Waals surface area contributed by atoms with Crippen LogP contribution in [0.2, 0.25) is 0 Å². The summed E-state index contributed by atoms with van der Waals surface area (Å²) in [6.45, 7) is 2.56. The first kappa shape index (κ1) is 14.4. The molecule has 1 aliphatic heterocycles. The third-order valence-corrected chi connectivity index (χ3v) is 2.99. The van der Waals surface area contributed by atoms with Gasteiger partial charge >= 0.3 is 0 Å². The fourth-order valence-corrected chi connectivity index (χ4v) is 1.72. The quantitative estimate of drug-likeness (QED) is 0.745. The predicted octanol–water partition coefficient (Wildman–Crippen LogP) is 3.07. The number of rotatable bonds is 4. The van der Waals surface area contributed by atoms with E-state index < -0.39 is 0 Å². The molecule has 0 aliphatic carbocycles. The highest BCUT2D eigenvalue weighted by Gasteiger charge is 2.09. The van der Waals surface area contributed by atoms with Gasteiger partial charge in [-0.15, -0.1) is 0 Å². The summed E-state index contributed by atoms with van der Waals surface area (Å²) in [7, 11) is 0. The SMILES string of the molecule is C\C(Cl)=C(N)/C=C\C=C\C=Cc1cnc2c(c1)CNN2. The van der Waals surface area contributed by atoms with Crippen molar-refractivity contribution in [3.63, 3.8) is 0 Å². The summed E-state index contributed by atoms with van der Waals surface area (Å²) in [5.41, 5.74) is 14.5. The number of pyridine rings is 1. The molecule has 1 aromatic heterocycles. The van der Waals surface area contributed by atoms with Crippen LogP contribution in [-0.2, 0) is 6.54 Å². The van der Waals surface area contributed by atoms with Crippen molar-refractivity contribution in [1.82, 2.24) is 10.4 Å². The standard InChI is InChI=1S/C15H17ClN4/c1-11(16)14(17)7-5-3-2-4-6-12-8-13-10-19-20-15(13)18-9-12/h2-9,19H,10,17H2,1H3,(H,18,20)/b3-2+,6-4?,7-5-,14-11-. The van der Waals surface area contributed by atoms with Crippen LogP contribution >= 0.6 is 11.6 Å². The van der Waals surface area contributed by atoms with Gasteiger partial charge in [0.2, 0.25) is 0 Å². The summed E-state index contributed by atoms with van der Waals surface area (Å²) in [5, 5.41) is 0.594. The summed E-state index contributed by atoms with van der Waals surface area (Å²) in [6, 6.07) is 2.10. The van der Waals surface area contributed by atoms with Gasteiger partial charge in [0.25, 0.3) is 0 Å². The van der Waals surface area contributed by atoms with Crippen LogP contribution in [0, 0.1) is 0 Å². The van der Waals surface area contributed by atoms with Gasteiger partial charge in [-0.1, -0.05) is 42.0 Å². The van der Waals surface area contributed by atoms with E-state index in [0.29, 0.717) is 10.7 Å². The Hall–Kier alpha value is -2.04. The van der Waals surface area contributed by atoms with Crippen molar-refractivity contribution in [2.45, 2.75) is 13.5 Å². The fraction of sp³-hybridized carbons (Fsp3) is 0.133. The van der Waals surface area contributed by atoms with Gasteiger partial charge in [0.05, 0.1) is 0 Å². The van der Waals surface area contributed by atoms with E-state index in [1.165, 1.54) is 5.56 Å². The van der Waals surface area contributed by atoms with Crippen molar-refractivity contribution >= 4 is 23.5 Å². The van der Waals surface area contributed by atoms with Gasteiger partial charge in [0.15, 0.2) is 0 Å². The summed E-state index contributed by atoms with van der Waals surface area (Å²) < 4.78 is 0. The zero-order valence-electron chi connectivity index (χ0n) is 11.2. The zero-order valence-corrected chi connectivity index (χ0v) is 12.0. The molecule has 4 N–H and O–H groups in total. The third kappa shape index (κ3) is 3.98. The highest BCUT2D eigenvalue weighted by Crippen LogP contribution is 2.18. The highest BCUT2D eigenvalue weighted by atomic mass is 35.5. The zero-order chi connectivity index (χ0) is 14.4. The summed E-state index contributed by atoms with van der Waals surface area (Å²) in [5.74, 6) is 0.902. The van der Waals surface area contributed by atoms with Gasteiger partial charge in [-0.2, -0.15) is 0 Å². The molecular formula is C15H17ClN4. The number of allylic oxidation sites excluding steroid dienone is 6. The molecule has 0 atom stereocenters. The van der Waals surface area contributed by atoms with Crippen LogP contribution in [-0.4, -0.2) is 4.98 Å². The molecule has 0 unspecified atom stereocenters. The summed E-state index contributed by atoms with van der Waals surface area (Å²) in [4.78, 5) is 4.32. The average molecular weight is 289 g/mol. The molecule has 0 radical (unpaired) electrons. The second-order valence-corrected chi connectivity index (χ2v) is 4.91. The van der Waals surface area contributed by atoms with Crippen LogP contribution in [0.3, 0.4) is 0 Å². The number of nitrogens with one attached hydrogen (secondary N) is 2. The van der Waals surface area contributed by atoms with E-state index in [9.17, 15) is 0 Å². The number of nitrogens with zero attached hydrogens (tertiary/aromatic N) is 1. The number of hydrogen-bond acceptors (Lipinski definition) is 4. The molecule has 0 saturated heterocycles. The molecule has 20 heavy (non-hydrogen) atoms. The number of nitrogens with two attached hydrogens (primary N) is 1. The van der Waals surface area contributed by atoms with E-state index in [1.807, 2.05) is 36.6 Å². The van der Waals surface area contributed by atoms with Crippen molar-refractivity contribution in [1.29, 1.82) is 0 Å². The number of aromatic nitrogens is 1. The largest absolute Gasteiger partial charge is 0.398 e. The molecule has 0 spiro atoms. The van der Waals surface area contributed by atoms with Gasteiger partial charge in [0.1, 0.15) is 5.82 Å². The minimum atomic E-state index is 0.572. The van der Waals surface area contributed by atoms with Gasteiger partial charge in [-0.25, -0.2) is 10.4 Å². The second-order valence-electron chi connectivity index (χ2n) is 4.35. The lowest BCUT2D eigenvalue weighted by atomic mass is 10.2. The van der Waals surface area contributed by atoms with Gasteiger partial charge in [-0.05, 0) is 24.6 Å². The Bertz CT molecular complexity index is 596. The van der Waals surface area contributed by atoms with Crippen molar-refractivity contribution in [2.24, 2.45) is 5.73 Å². The fourth-order valence-electron chi connectivity index (χ4n) is 1.66. The van der Waals surface area contributed by atoms with Crippen LogP contribution in [0.15, 0.2) is 53.4 Å². The van der Waals surface area contributed by atoms with Gasteiger partial charge < -0.3 is 11.2 Å². The topological polar surface area (TPSA) is 63.0 Å². The first-order valence-electron chi connectivity index (χ1n) is 6.28. The lowest BCUT2D eigenvalue weighted by Gasteiger charge is -1.97. The van der Waals surface area contributed by atoms with Crippen LogP contribution in [0.4, 0.5) is 5.82 Å². The van der Waals surface area contributed by atoms with Crippen molar-refractivity contribution in [2.75, 3.05) is 5.43 Å². The van der Waals surface area contributed by atoms with E-state index in [4.69, 9.17) is 17.3 Å². The van der Waals surface area contributed by atoms with Crippen LogP contribution in [0.25, 0.3) is 6.08 Å². The first-order valence-corrected chi connectivity index (χ1v) is 6.65. The molecule has 0 fully saturated rings. The predicted molar refractivity (Wildman–Crippen MR) is 84.8 cm³/mol. The number of anilines is 1. The minimum Gasteiger partial charge on any atom is -0.398 e. The molecule has 0 saturated carbocycles. The Morgan fingerprint density at radius 3 is 2.95 bits per heavy atom. The van der Waals surface area contributed by atoms with Crippen molar-refractivity contribution < 1.29 is 0 Å². The smallest absolute Gasteiger partial charge is 0.144 e. The molecule has 0 aromatic carbocycles. The van der Waals surface area contributed by atoms with E-state index >= 15 is 0 Å². The van der Waals surface area contributed by atoms with Crippen LogP contribution in [0.5, 0.6) is 0 Å². The maximum absolute atomic E-state index is 5.74. The molecule has 4 nitrogen and oxygen atoms in total. The Kier molecular flexibility index (Phi) is 4.98. The van der Waals surface area contributed by atoms with Crippen molar-refractivity contribution in [3.8, 4) is 0 Å². The molecule has 5 heteroatoms. The average Bonchev–Trinajstić information content (AvgIpc) is 2.89. The third-order valence-electron chi connectivity index (χ3n) is 2.77. The number of fused-ring (bicyclic) bond motifs is 1. The van der Waals surface area contributed by atoms with Crippen molar-refractivity contribution in [3.05, 3.63) is 64.5 Å². The maximum atomic E-state index is 5.74. The molecule has 0 amide bonds. The van der Waals surface area contributed by atoms with E-state index in [2.05, 4.69) is 21.9 Å². The number of hydrazine groups is 1. The second kappa shape index (κ2) is 6.93. The van der Waals surface area contributed by atoms with Gasteiger partial charge in [-0.3, -0.25) is 0 Å². The van der Waals surface area contributed by atoms with Crippen LogP contribution < -0.4 is 16.6 Å². The van der Waals surface area contributed by atoms with E-state index in [0.717, 1.165) is 17.9 Å². The molecule has 1 aliphatic rings. The van der Waals surface area contributed by atoms with E-state index in [1.54, 1.807) is 13.0 Å².